The average Bonchev–Trinajstić information content (AvgIpc) is 2.75. The number of nitrogens with zero attached hydrogens (tertiary/aromatic N) is 1. The normalized spacial score (nSPS) is 11.2. The summed E-state index contributed by atoms with van der Waals surface area (Å²) in [7, 11) is 0. The minimum absolute atomic E-state index is 0.0555. The summed E-state index contributed by atoms with van der Waals surface area (Å²) in [6.45, 7) is 8.62. The largest absolute Gasteiger partial charge is 0.463 e. The van der Waals surface area contributed by atoms with E-state index in [2.05, 4.69) is 20.8 Å². The van der Waals surface area contributed by atoms with E-state index in [0.717, 1.165) is 51.6 Å². The highest BCUT2D eigenvalue weighted by atomic mass is 16.5. The zero-order valence-corrected chi connectivity index (χ0v) is 20.3. The van der Waals surface area contributed by atoms with Gasteiger partial charge in [-0.05, 0) is 19.3 Å². The molecule has 4 nitrogen and oxygen atoms in total. The van der Waals surface area contributed by atoms with Crippen LogP contribution in [-0.4, -0.2) is 36.5 Å². The van der Waals surface area contributed by atoms with Crippen LogP contribution in [0.15, 0.2) is 12.2 Å². The van der Waals surface area contributed by atoms with E-state index in [1.165, 1.54) is 76.4 Å². The van der Waals surface area contributed by atoms with Gasteiger partial charge in [0.25, 0.3) is 0 Å². The molecule has 0 heterocycles. The fourth-order valence-corrected chi connectivity index (χ4v) is 3.49. The molecule has 0 aliphatic heterocycles. The van der Waals surface area contributed by atoms with E-state index in [-0.39, 0.29) is 5.91 Å². The Labute approximate surface area is 186 Å². The van der Waals surface area contributed by atoms with Crippen LogP contribution in [0, 0.1) is 0 Å². The highest BCUT2D eigenvalue weighted by Crippen LogP contribution is 2.09. The van der Waals surface area contributed by atoms with Gasteiger partial charge in [-0.25, -0.2) is 4.79 Å². The number of amides is 1. The van der Waals surface area contributed by atoms with E-state index in [0.29, 0.717) is 6.61 Å². The molecule has 0 unspecified atom stereocenters. The molecule has 0 aliphatic carbocycles. The summed E-state index contributed by atoms with van der Waals surface area (Å²) in [5, 5.41) is 0. The molecule has 0 aromatic heterocycles. The Bertz CT molecular complexity index is 418. The lowest BCUT2D eigenvalue weighted by atomic mass is 10.1. The van der Waals surface area contributed by atoms with E-state index in [9.17, 15) is 9.59 Å². The van der Waals surface area contributed by atoms with Crippen LogP contribution >= 0.6 is 0 Å². The van der Waals surface area contributed by atoms with Gasteiger partial charge in [0.15, 0.2) is 0 Å². The number of ether oxygens (including phenoxy) is 1. The van der Waals surface area contributed by atoms with Gasteiger partial charge in [-0.1, -0.05) is 104 Å². The van der Waals surface area contributed by atoms with Crippen molar-refractivity contribution in [3.05, 3.63) is 12.2 Å². The fourth-order valence-electron chi connectivity index (χ4n) is 3.49. The molecule has 176 valence electrons. The van der Waals surface area contributed by atoms with E-state index in [1.807, 2.05) is 4.90 Å². The Morgan fingerprint density at radius 2 is 1.03 bits per heavy atom. The second-order valence-electron chi connectivity index (χ2n) is 8.42. The molecule has 0 fully saturated rings. The summed E-state index contributed by atoms with van der Waals surface area (Å²) < 4.78 is 5.19. The Hall–Kier alpha value is -1.32. The average molecular weight is 424 g/mol. The van der Waals surface area contributed by atoms with E-state index in [1.54, 1.807) is 0 Å². The molecule has 0 N–H and O–H groups in total. The number of rotatable bonds is 21. The highest BCUT2D eigenvalue weighted by molar-refractivity contribution is 5.94. The van der Waals surface area contributed by atoms with Crippen molar-refractivity contribution in [2.75, 3.05) is 19.7 Å². The van der Waals surface area contributed by atoms with Crippen molar-refractivity contribution in [2.45, 2.75) is 124 Å². The van der Waals surface area contributed by atoms with Gasteiger partial charge in [0.05, 0.1) is 6.61 Å². The Kier molecular flexibility index (Phi) is 21.4. The summed E-state index contributed by atoms with van der Waals surface area (Å²) >= 11 is 0. The summed E-state index contributed by atoms with van der Waals surface area (Å²) in [5.41, 5.74) is 0. The Morgan fingerprint density at radius 3 is 1.53 bits per heavy atom. The second kappa shape index (κ2) is 22.4. The van der Waals surface area contributed by atoms with Crippen molar-refractivity contribution in [1.29, 1.82) is 0 Å². The second-order valence-corrected chi connectivity index (χ2v) is 8.42. The molecule has 0 radical (unpaired) electrons. The van der Waals surface area contributed by atoms with Crippen molar-refractivity contribution in [3.63, 3.8) is 0 Å². The molecule has 30 heavy (non-hydrogen) atoms. The molecular formula is C26H49NO3. The zero-order chi connectivity index (χ0) is 22.3. The topological polar surface area (TPSA) is 46.6 Å². The quantitative estimate of drug-likeness (QED) is 0.111. The molecule has 0 bridgehead atoms. The first kappa shape index (κ1) is 28.7. The summed E-state index contributed by atoms with van der Waals surface area (Å²) in [5.74, 6) is -0.459. The monoisotopic (exact) mass is 423 g/mol. The Balaban J connectivity index is 4.32. The molecule has 0 spiro atoms. The van der Waals surface area contributed by atoms with Gasteiger partial charge in [-0.2, -0.15) is 0 Å². The molecule has 0 saturated heterocycles. The lowest BCUT2D eigenvalue weighted by Crippen LogP contribution is -2.31. The molecule has 4 heteroatoms. The van der Waals surface area contributed by atoms with Crippen molar-refractivity contribution in [2.24, 2.45) is 0 Å². The van der Waals surface area contributed by atoms with Gasteiger partial charge < -0.3 is 9.64 Å². The molecule has 0 aromatic carbocycles. The number of hydrogen-bond acceptors (Lipinski definition) is 3. The number of esters is 1. The van der Waals surface area contributed by atoms with Gasteiger partial charge in [0.2, 0.25) is 5.91 Å². The Morgan fingerprint density at radius 1 is 0.600 bits per heavy atom. The number of hydrogen-bond donors (Lipinski definition) is 0. The predicted octanol–water partition coefficient (Wildman–Crippen LogP) is 7.22. The molecule has 0 atom stereocenters. The van der Waals surface area contributed by atoms with Crippen LogP contribution in [0.4, 0.5) is 0 Å². The van der Waals surface area contributed by atoms with Gasteiger partial charge in [0.1, 0.15) is 0 Å². The summed E-state index contributed by atoms with van der Waals surface area (Å²) in [6, 6.07) is 0. The van der Waals surface area contributed by atoms with Gasteiger partial charge in [-0.15, -0.1) is 0 Å². The fraction of sp³-hybridized carbons (Fsp3) is 0.846. The lowest BCUT2D eigenvalue weighted by molar-refractivity contribution is -0.138. The first-order chi connectivity index (χ1) is 14.7. The van der Waals surface area contributed by atoms with Crippen LogP contribution in [0.5, 0.6) is 0 Å². The van der Waals surface area contributed by atoms with Gasteiger partial charge in [-0.3, -0.25) is 4.79 Å². The molecule has 0 rings (SSSR count). The van der Waals surface area contributed by atoms with Crippen LogP contribution in [0.3, 0.4) is 0 Å². The number of carbonyl (C=O) groups excluding carboxylic acids is 2. The van der Waals surface area contributed by atoms with Crippen molar-refractivity contribution < 1.29 is 14.3 Å². The molecule has 0 saturated carbocycles. The molecule has 0 aromatic rings. The molecule has 0 aliphatic rings. The van der Waals surface area contributed by atoms with Crippen molar-refractivity contribution >= 4 is 11.9 Å². The summed E-state index contributed by atoms with van der Waals surface area (Å²) in [4.78, 5) is 26.4. The molecule has 1 amide bonds. The van der Waals surface area contributed by atoms with Crippen molar-refractivity contribution in [1.82, 2.24) is 4.90 Å². The van der Waals surface area contributed by atoms with Crippen LogP contribution in [0.25, 0.3) is 0 Å². The summed E-state index contributed by atoms with van der Waals surface area (Å²) in [6.07, 6.45) is 21.6. The van der Waals surface area contributed by atoms with Crippen molar-refractivity contribution in [3.8, 4) is 0 Å². The van der Waals surface area contributed by atoms with Crippen LogP contribution in [0.1, 0.15) is 124 Å². The maximum atomic E-state index is 12.6. The van der Waals surface area contributed by atoms with E-state index >= 15 is 0 Å². The zero-order valence-electron chi connectivity index (χ0n) is 20.3. The van der Waals surface area contributed by atoms with Crippen LogP contribution in [-0.2, 0) is 14.3 Å². The SMILES string of the molecule is CCCCCCCCN(CCCCCCCC)C(=O)/C=C/C(=O)OCCCCCC. The number of unbranched alkanes of at least 4 members (excludes halogenated alkanes) is 13. The van der Waals surface area contributed by atoms with Crippen LogP contribution in [0.2, 0.25) is 0 Å². The maximum Gasteiger partial charge on any atom is 0.330 e. The van der Waals surface area contributed by atoms with E-state index in [4.69, 9.17) is 4.74 Å². The third-order valence-electron chi connectivity index (χ3n) is 5.48. The molecular weight excluding hydrogens is 374 g/mol. The van der Waals surface area contributed by atoms with E-state index < -0.39 is 5.97 Å². The smallest absolute Gasteiger partial charge is 0.330 e. The first-order valence-electron chi connectivity index (χ1n) is 12.8. The minimum atomic E-state index is -0.404. The predicted molar refractivity (Wildman–Crippen MR) is 128 cm³/mol. The third-order valence-corrected chi connectivity index (χ3v) is 5.48. The standard InChI is InChI=1S/C26H49NO3/c1-4-7-10-13-15-17-22-27(23-18-16-14-11-8-5-2)25(28)20-21-26(29)30-24-19-12-9-6-3/h20-21H,4-19,22-24H2,1-3H3/b21-20+. The highest BCUT2D eigenvalue weighted by Gasteiger charge is 2.11. The minimum Gasteiger partial charge on any atom is -0.463 e. The van der Waals surface area contributed by atoms with Crippen LogP contribution < -0.4 is 0 Å². The lowest BCUT2D eigenvalue weighted by Gasteiger charge is -2.21. The maximum absolute atomic E-state index is 12.6. The van der Waals surface area contributed by atoms with Gasteiger partial charge in [0, 0.05) is 25.2 Å². The third kappa shape index (κ3) is 18.7. The van der Waals surface area contributed by atoms with Gasteiger partial charge >= 0.3 is 5.97 Å². The number of carbonyl (C=O) groups is 2. The first-order valence-corrected chi connectivity index (χ1v) is 12.8.